The number of rotatable bonds is 10. The molecule has 1 unspecified atom stereocenters. The number of carbonyl (C=O) groups is 1. The van der Waals surface area contributed by atoms with Crippen molar-refractivity contribution < 1.29 is 26.9 Å². The number of ether oxygens (including phenoxy) is 2. The van der Waals surface area contributed by atoms with Crippen LogP contribution in [0.25, 0.3) is 0 Å². The van der Waals surface area contributed by atoms with E-state index in [-0.39, 0.29) is 15.6 Å². The van der Waals surface area contributed by atoms with Crippen LogP contribution in [0.15, 0.2) is 165 Å². The highest BCUT2D eigenvalue weighted by Crippen LogP contribution is 2.29. The number of sulfone groups is 1. The van der Waals surface area contributed by atoms with Crippen LogP contribution >= 0.6 is 0 Å². The van der Waals surface area contributed by atoms with Crippen LogP contribution in [0.5, 0.6) is 23.0 Å². The van der Waals surface area contributed by atoms with Gasteiger partial charge in [0.1, 0.15) is 23.0 Å². The first-order chi connectivity index (χ1) is 22.7. The fraction of sp³-hybridized carbons (Fsp3) is 0.0513. The predicted octanol–water partition coefficient (Wildman–Crippen LogP) is 9.12. The summed E-state index contributed by atoms with van der Waals surface area (Å²) >= 11 is 0. The van der Waals surface area contributed by atoms with Crippen molar-refractivity contribution in [3.8, 4) is 23.0 Å². The smallest absolute Gasteiger partial charge is 0.206 e. The normalized spacial score (nSPS) is 11.9. The highest BCUT2D eigenvalue weighted by Gasteiger charge is 2.18. The summed E-state index contributed by atoms with van der Waals surface area (Å²) < 4.78 is 51.2. The van der Waals surface area contributed by atoms with Gasteiger partial charge in [-0.15, -0.1) is 0 Å². The van der Waals surface area contributed by atoms with Crippen LogP contribution in [0.4, 0.5) is 0 Å². The van der Waals surface area contributed by atoms with Gasteiger partial charge in [-0.1, -0.05) is 47.5 Å². The Morgan fingerprint density at radius 2 is 0.766 bits per heavy atom. The fourth-order valence-corrected chi connectivity index (χ4v) is 7.06. The Labute approximate surface area is 276 Å². The average molecular weight is 659 g/mol. The monoisotopic (exact) mass is 658 g/mol. The van der Waals surface area contributed by atoms with Gasteiger partial charge in [0.25, 0.3) is 0 Å². The summed E-state index contributed by atoms with van der Waals surface area (Å²) in [5.74, 6) is 1.90. The molecule has 0 fully saturated rings. The van der Waals surface area contributed by atoms with Crippen LogP contribution in [0, 0.1) is 13.8 Å². The van der Waals surface area contributed by atoms with Crippen LogP contribution in [0.2, 0.25) is 0 Å². The molecule has 47 heavy (non-hydrogen) atoms. The van der Waals surface area contributed by atoms with Gasteiger partial charge in [0.15, 0.2) is 5.78 Å². The summed E-state index contributed by atoms with van der Waals surface area (Å²) in [6.45, 7) is 3.95. The van der Waals surface area contributed by atoms with Crippen LogP contribution < -0.4 is 9.47 Å². The lowest BCUT2D eigenvalue weighted by molar-refractivity contribution is 0.103. The molecule has 0 aliphatic rings. The van der Waals surface area contributed by atoms with E-state index in [9.17, 15) is 17.4 Å². The molecule has 0 spiro atoms. The second-order valence-corrected chi connectivity index (χ2v) is 14.4. The first kappa shape index (κ1) is 31.7. The number of carbonyl (C=O) groups excluding carboxylic acids is 1. The van der Waals surface area contributed by atoms with Gasteiger partial charge in [0.05, 0.1) is 20.6 Å². The summed E-state index contributed by atoms with van der Waals surface area (Å²) in [6, 6.07) is 41.1. The third-order valence-electron chi connectivity index (χ3n) is 7.44. The first-order valence-electron chi connectivity index (χ1n) is 14.8. The lowest BCUT2D eigenvalue weighted by atomic mass is 10.0. The van der Waals surface area contributed by atoms with E-state index < -0.39 is 20.6 Å². The van der Waals surface area contributed by atoms with Crippen molar-refractivity contribution in [3.05, 3.63) is 168 Å². The molecule has 0 radical (unpaired) electrons. The SMILES string of the molecule is Cc1ccc(C(=O)c2ccc(Oc3ccc(S(=O)(=O)c4ccc(Oc5ccc(S(=O)c6ccc(C)cc6)cc5)cc4)cc3)cc2)cc1. The van der Waals surface area contributed by atoms with E-state index in [0.717, 1.165) is 16.0 Å². The Morgan fingerprint density at radius 3 is 1.17 bits per heavy atom. The van der Waals surface area contributed by atoms with Crippen LogP contribution in [-0.4, -0.2) is 18.4 Å². The van der Waals surface area contributed by atoms with Crippen molar-refractivity contribution in [3.63, 3.8) is 0 Å². The number of ketones is 1. The van der Waals surface area contributed by atoms with Crippen LogP contribution in [0.3, 0.4) is 0 Å². The van der Waals surface area contributed by atoms with E-state index in [1.165, 1.54) is 24.3 Å². The minimum Gasteiger partial charge on any atom is -0.457 e. The highest BCUT2D eigenvalue weighted by atomic mass is 32.2. The molecule has 0 amide bonds. The molecule has 0 saturated heterocycles. The van der Waals surface area contributed by atoms with Gasteiger partial charge in [0.2, 0.25) is 9.84 Å². The zero-order valence-electron chi connectivity index (χ0n) is 25.6. The van der Waals surface area contributed by atoms with Crippen molar-refractivity contribution in [2.24, 2.45) is 0 Å². The molecule has 6 aromatic carbocycles. The summed E-state index contributed by atoms with van der Waals surface area (Å²) in [4.78, 5) is 14.4. The maximum absolute atomic E-state index is 13.3. The third kappa shape index (κ3) is 7.41. The zero-order valence-corrected chi connectivity index (χ0v) is 27.3. The molecule has 0 heterocycles. The molecule has 0 aliphatic heterocycles. The average Bonchev–Trinajstić information content (AvgIpc) is 3.09. The summed E-state index contributed by atoms with van der Waals surface area (Å²) in [7, 11) is -5.09. The topological polar surface area (TPSA) is 86.7 Å². The molecule has 234 valence electrons. The standard InChI is InChI=1S/C39H30O6S2/c1-27-3-7-29(8-4-27)39(40)30-9-11-31(12-10-30)44-33-15-23-37(24-16-33)47(42,43)38-25-17-34(18-26-38)45-32-13-21-36(22-14-32)46(41)35-19-5-28(2)6-20-35/h3-26H,1-2H3. The summed E-state index contributed by atoms with van der Waals surface area (Å²) in [6.07, 6.45) is 0. The van der Waals surface area contributed by atoms with Gasteiger partial charge in [-0.05, 0) is 123 Å². The minimum atomic E-state index is -3.79. The Balaban J connectivity index is 1.07. The van der Waals surface area contributed by atoms with Gasteiger partial charge in [-0.3, -0.25) is 4.79 Å². The second kappa shape index (κ2) is 13.6. The molecule has 8 heteroatoms. The molecule has 0 bridgehead atoms. The third-order valence-corrected chi connectivity index (χ3v) is 10.6. The molecule has 6 rings (SSSR count). The minimum absolute atomic E-state index is 0.0762. The molecule has 1 atom stereocenters. The zero-order chi connectivity index (χ0) is 33.0. The quantitative estimate of drug-likeness (QED) is 0.137. The van der Waals surface area contributed by atoms with E-state index in [1.807, 2.05) is 50.2 Å². The van der Waals surface area contributed by atoms with E-state index in [1.54, 1.807) is 84.9 Å². The molecule has 0 aliphatic carbocycles. The largest absolute Gasteiger partial charge is 0.457 e. The Kier molecular flexibility index (Phi) is 9.15. The van der Waals surface area contributed by atoms with Gasteiger partial charge in [-0.2, -0.15) is 0 Å². The van der Waals surface area contributed by atoms with E-state index >= 15 is 0 Å². The van der Waals surface area contributed by atoms with E-state index in [2.05, 4.69) is 0 Å². The number of hydrogen-bond donors (Lipinski definition) is 0. The molecule has 0 N–H and O–H groups in total. The molecular formula is C39H30O6S2. The molecule has 0 saturated carbocycles. The van der Waals surface area contributed by atoms with Crippen LogP contribution in [0.1, 0.15) is 27.0 Å². The fourth-order valence-electron chi connectivity index (χ4n) is 4.76. The lowest BCUT2D eigenvalue weighted by Gasteiger charge is -2.10. The van der Waals surface area contributed by atoms with E-state index in [4.69, 9.17) is 9.47 Å². The first-order valence-corrected chi connectivity index (χ1v) is 17.4. The van der Waals surface area contributed by atoms with Crippen molar-refractivity contribution in [1.29, 1.82) is 0 Å². The van der Waals surface area contributed by atoms with Crippen molar-refractivity contribution in [2.75, 3.05) is 0 Å². The molecular weight excluding hydrogens is 629 g/mol. The molecule has 6 aromatic rings. The molecule has 0 aromatic heterocycles. The lowest BCUT2D eigenvalue weighted by Crippen LogP contribution is -2.02. The predicted molar refractivity (Wildman–Crippen MR) is 182 cm³/mol. The Morgan fingerprint density at radius 1 is 0.468 bits per heavy atom. The summed E-state index contributed by atoms with van der Waals surface area (Å²) in [5, 5.41) is 0. The Bertz CT molecular complexity index is 1980. The number of hydrogen-bond acceptors (Lipinski definition) is 6. The van der Waals surface area contributed by atoms with Crippen molar-refractivity contribution >= 4 is 26.4 Å². The molecule has 6 nitrogen and oxygen atoms in total. The van der Waals surface area contributed by atoms with E-state index in [0.29, 0.717) is 39.0 Å². The summed E-state index contributed by atoms with van der Waals surface area (Å²) in [5.41, 5.74) is 3.34. The highest BCUT2D eigenvalue weighted by molar-refractivity contribution is 7.91. The van der Waals surface area contributed by atoms with Gasteiger partial charge < -0.3 is 9.47 Å². The van der Waals surface area contributed by atoms with Gasteiger partial charge >= 0.3 is 0 Å². The maximum Gasteiger partial charge on any atom is 0.206 e. The van der Waals surface area contributed by atoms with Crippen LogP contribution in [-0.2, 0) is 20.6 Å². The van der Waals surface area contributed by atoms with Gasteiger partial charge in [-0.25, -0.2) is 12.6 Å². The second-order valence-electron chi connectivity index (χ2n) is 10.9. The maximum atomic E-state index is 13.3. The Hall–Kier alpha value is -5.31. The number of benzene rings is 6. The van der Waals surface area contributed by atoms with Crippen molar-refractivity contribution in [2.45, 2.75) is 33.4 Å². The van der Waals surface area contributed by atoms with Crippen molar-refractivity contribution in [1.82, 2.24) is 0 Å². The number of aryl methyl sites for hydroxylation is 2. The van der Waals surface area contributed by atoms with Gasteiger partial charge in [0, 0.05) is 20.9 Å².